The third-order valence-corrected chi connectivity index (χ3v) is 2.44. The molecule has 0 saturated carbocycles. The van der Waals surface area contributed by atoms with Gasteiger partial charge in [0, 0.05) is 25.3 Å². The van der Waals surface area contributed by atoms with Crippen molar-refractivity contribution in [2.45, 2.75) is 6.92 Å². The van der Waals surface area contributed by atoms with Crippen molar-refractivity contribution < 1.29 is 9.47 Å². The normalized spacial score (nSPS) is 13.9. The molecule has 0 aromatic heterocycles. The summed E-state index contributed by atoms with van der Waals surface area (Å²) in [5.41, 5.74) is 1.16. The highest BCUT2D eigenvalue weighted by Gasteiger charge is 2.12. The lowest BCUT2D eigenvalue weighted by atomic mass is 10.2. The number of fused-ring (bicyclic) bond motifs is 1. The van der Waals surface area contributed by atoms with Crippen LogP contribution in [0.25, 0.3) is 0 Å². The van der Waals surface area contributed by atoms with Crippen LogP contribution in [-0.2, 0) is 0 Å². The van der Waals surface area contributed by atoms with Crippen molar-refractivity contribution in [2.24, 2.45) is 0 Å². The zero-order valence-corrected chi connectivity index (χ0v) is 8.62. The first-order valence-corrected chi connectivity index (χ1v) is 4.92. The zero-order valence-electron chi connectivity index (χ0n) is 8.62. The second kappa shape index (κ2) is 3.78. The Morgan fingerprint density at radius 3 is 2.64 bits per heavy atom. The van der Waals surface area contributed by atoms with Gasteiger partial charge in [0.05, 0.1) is 0 Å². The summed E-state index contributed by atoms with van der Waals surface area (Å²) in [5.74, 6) is 1.71. The molecule has 0 N–H and O–H groups in total. The molecule has 1 aliphatic rings. The zero-order chi connectivity index (χ0) is 9.97. The van der Waals surface area contributed by atoms with Crippen LogP contribution in [0.2, 0.25) is 0 Å². The Balaban J connectivity index is 2.29. The summed E-state index contributed by atoms with van der Waals surface area (Å²) in [6, 6.07) is 6.05. The molecular formula is C11H15NO2. The average molecular weight is 193 g/mol. The van der Waals surface area contributed by atoms with Gasteiger partial charge in [-0.3, -0.25) is 0 Å². The van der Waals surface area contributed by atoms with Crippen molar-refractivity contribution in [1.82, 2.24) is 0 Å². The third-order valence-electron chi connectivity index (χ3n) is 2.44. The molecule has 1 aliphatic heterocycles. The van der Waals surface area contributed by atoms with Crippen molar-refractivity contribution >= 4 is 5.69 Å². The van der Waals surface area contributed by atoms with Gasteiger partial charge in [-0.25, -0.2) is 0 Å². The molecule has 1 aromatic rings. The molecular weight excluding hydrogens is 178 g/mol. The Hall–Kier alpha value is -1.38. The quantitative estimate of drug-likeness (QED) is 0.716. The summed E-state index contributed by atoms with van der Waals surface area (Å²) < 4.78 is 11.0. The number of ether oxygens (including phenoxy) is 2. The van der Waals surface area contributed by atoms with Crippen LogP contribution in [0, 0.1) is 0 Å². The predicted octanol–water partition coefficient (Wildman–Crippen LogP) is 1.91. The highest BCUT2D eigenvalue weighted by molar-refractivity contribution is 5.56. The summed E-state index contributed by atoms with van der Waals surface area (Å²) in [4.78, 5) is 2.16. The van der Waals surface area contributed by atoms with E-state index in [0.29, 0.717) is 13.2 Å². The Morgan fingerprint density at radius 2 is 1.93 bits per heavy atom. The molecule has 76 valence electrons. The van der Waals surface area contributed by atoms with Gasteiger partial charge in [-0.2, -0.15) is 0 Å². The summed E-state index contributed by atoms with van der Waals surface area (Å²) in [5, 5.41) is 0. The molecule has 0 spiro atoms. The molecule has 0 unspecified atom stereocenters. The van der Waals surface area contributed by atoms with Gasteiger partial charge in [0.1, 0.15) is 13.2 Å². The van der Waals surface area contributed by atoms with E-state index in [1.807, 2.05) is 12.1 Å². The molecule has 1 aromatic carbocycles. The monoisotopic (exact) mass is 193 g/mol. The molecule has 1 heterocycles. The smallest absolute Gasteiger partial charge is 0.163 e. The number of nitrogens with zero attached hydrogens (tertiary/aromatic N) is 1. The van der Waals surface area contributed by atoms with E-state index in [2.05, 4.69) is 24.9 Å². The fourth-order valence-electron chi connectivity index (χ4n) is 1.45. The molecule has 0 radical (unpaired) electrons. The lowest BCUT2D eigenvalue weighted by Crippen LogP contribution is -2.18. The fourth-order valence-corrected chi connectivity index (χ4v) is 1.45. The van der Waals surface area contributed by atoms with Gasteiger partial charge in [0.2, 0.25) is 0 Å². The average Bonchev–Trinajstić information content (AvgIpc) is 2.27. The first kappa shape index (κ1) is 9.19. The Kier molecular flexibility index (Phi) is 2.48. The Morgan fingerprint density at radius 1 is 1.21 bits per heavy atom. The van der Waals surface area contributed by atoms with Crippen LogP contribution in [0.5, 0.6) is 11.5 Å². The van der Waals surface area contributed by atoms with Crippen molar-refractivity contribution in [1.29, 1.82) is 0 Å². The van der Waals surface area contributed by atoms with E-state index in [1.54, 1.807) is 0 Å². The first-order valence-electron chi connectivity index (χ1n) is 4.92. The van der Waals surface area contributed by atoms with Crippen LogP contribution in [0.3, 0.4) is 0 Å². The van der Waals surface area contributed by atoms with Gasteiger partial charge in [-0.1, -0.05) is 0 Å². The minimum Gasteiger partial charge on any atom is -0.486 e. The minimum absolute atomic E-state index is 0.645. The van der Waals surface area contributed by atoms with Crippen molar-refractivity contribution in [3.8, 4) is 11.5 Å². The third kappa shape index (κ3) is 1.62. The van der Waals surface area contributed by atoms with Gasteiger partial charge in [-0.05, 0) is 19.1 Å². The van der Waals surface area contributed by atoms with Crippen molar-refractivity contribution in [3.05, 3.63) is 18.2 Å². The van der Waals surface area contributed by atoms with Crippen LogP contribution in [0.4, 0.5) is 5.69 Å². The van der Waals surface area contributed by atoms with Crippen molar-refractivity contribution in [2.75, 3.05) is 31.7 Å². The van der Waals surface area contributed by atoms with Gasteiger partial charge in [-0.15, -0.1) is 0 Å². The number of rotatable bonds is 2. The van der Waals surface area contributed by atoms with E-state index in [1.165, 1.54) is 0 Å². The SMILES string of the molecule is CCN(C)c1ccc2c(c1)OCCO2. The molecule has 3 heteroatoms. The Labute approximate surface area is 84.2 Å². The van der Waals surface area contributed by atoms with E-state index in [-0.39, 0.29) is 0 Å². The summed E-state index contributed by atoms with van der Waals surface area (Å²) >= 11 is 0. The lowest BCUT2D eigenvalue weighted by molar-refractivity contribution is 0.171. The molecule has 14 heavy (non-hydrogen) atoms. The van der Waals surface area contributed by atoms with Crippen LogP contribution in [0.15, 0.2) is 18.2 Å². The van der Waals surface area contributed by atoms with Gasteiger partial charge in [0.25, 0.3) is 0 Å². The maximum atomic E-state index is 5.51. The topological polar surface area (TPSA) is 21.7 Å². The molecule has 3 nitrogen and oxygen atoms in total. The van der Waals surface area contributed by atoms with Crippen LogP contribution in [0.1, 0.15) is 6.92 Å². The summed E-state index contributed by atoms with van der Waals surface area (Å²) in [6.07, 6.45) is 0. The van der Waals surface area contributed by atoms with Gasteiger partial charge >= 0.3 is 0 Å². The summed E-state index contributed by atoms with van der Waals surface area (Å²) in [6.45, 7) is 4.40. The largest absolute Gasteiger partial charge is 0.486 e. The number of hydrogen-bond donors (Lipinski definition) is 0. The molecule has 2 rings (SSSR count). The maximum Gasteiger partial charge on any atom is 0.163 e. The van der Waals surface area contributed by atoms with Crippen LogP contribution >= 0.6 is 0 Å². The fraction of sp³-hybridized carbons (Fsp3) is 0.455. The van der Waals surface area contributed by atoms with E-state index >= 15 is 0 Å². The standard InChI is InChI=1S/C11H15NO2/c1-3-12(2)9-4-5-10-11(8-9)14-7-6-13-10/h4-5,8H,3,6-7H2,1-2H3. The van der Waals surface area contributed by atoms with Crippen molar-refractivity contribution in [3.63, 3.8) is 0 Å². The van der Waals surface area contributed by atoms with E-state index in [0.717, 1.165) is 23.7 Å². The predicted molar refractivity (Wildman–Crippen MR) is 56.4 cm³/mol. The van der Waals surface area contributed by atoms with Gasteiger partial charge in [0.15, 0.2) is 11.5 Å². The van der Waals surface area contributed by atoms with Crippen LogP contribution in [-0.4, -0.2) is 26.8 Å². The first-order chi connectivity index (χ1) is 6.81. The van der Waals surface area contributed by atoms with E-state index < -0.39 is 0 Å². The molecule has 0 saturated heterocycles. The van der Waals surface area contributed by atoms with E-state index in [4.69, 9.17) is 9.47 Å². The minimum atomic E-state index is 0.645. The molecule has 0 fully saturated rings. The van der Waals surface area contributed by atoms with Crippen LogP contribution < -0.4 is 14.4 Å². The number of anilines is 1. The maximum absolute atomic E-state index is 5.51. The molecule has 0 amide bonds. The molecule has 0 aliphatic carbocycles. The number of benzene rings is 1. The second-order valence-electron chi connectivity index (χ2n) is 3.34. The van der Waals surface area contributed by atoms with E-state index in [9.17, 15) is 0 Å². The molecule has 0 bridgehead atoms. The Bertz CT molecular complexity index is 325. The molecule has 0 atom stereocenters. The number of hydrogen-bond acceptors (Lipinski definition) is 3. The summed E-state index contributed by atoms with van der Waals surface area (Å²) in [7, 11) is 2.06. The van der Waals surface area contributed by atoms with Gasteiger partial charge < -0.3 is 14.4 Å². The second-order valence-corrected chi connectivity index (χ2v) is 3.34. The highest BCUT2D eigenvalue weighted by atomic mass is 16.6. The highest BCUT2D eigenvalue weighted by Crippen LogP contribution is 2.33. The lowest BCUT2D eigenvalue weighted by Gasteiger charge is -2.22.